The number of halogens is 1. The molecule has 3 atom stereocenters. The highest BCUT2D eigenvalue weighted by Gasteiger charge is 2.25. The molecule has 1 aliphatic carbocycles. The quantitative estimate of drug-likeness (QED) is 0.587. The maximum absolute atomic E-state index is 9.03. The fraction of sp³-hybridized carbons (Fsp3) is 0.714. The van der Waals surface area contributed by atoms with Crippen LogP contribution in [0.3, 0.4) is 0 Å². The molecule has 1 aromatic heterocycles. The molecule has 0 amide bonds. The minimum Gasteiger partial charge on any atom is -0.245 e. The zero-order chi connectivity index (χ0) is 13.0. The molecule has 98 valence electrons. The topological polar surface area (TPSA) is 36.7 Å². The lowest BCUT2D eigenvalue weighted by atomic mass is 9.87. The van der Waals surface area contributed by atoms with Crippen molar-refractivity contribution in [3.8, 4) is 6.07 Å². The molecule has 0 spiro atoms. The van der Waals surface area contributed by atoms with Gasteiger partial charge in [0, 0.05) is 22.5 Å². The van der Waals surface area contributed by atoms with Crippen LogP contribution in [0.2, 0.25) is 0 Å². The summed E-state index contributed by atoms with van der Waals surface area (Å²) >= 11 is 5.24. The van der Waals surface area contributed by atoms with Crippen LogP contribution in [0.4, 0.5) is 0 Å². The molecule has 4 heteroatoms. The Morgan fingerprint density at radius 2 is 2.33 bits per heavy atom. The Bertz CT molecular complexity index is 424. The monoisotopic (exact) mass is 326 g/mol. The largest absolute Gasteiger partial charge is 0.245 e. The molecule has 2 nitrogen and oxygen atoms in total. The van der Waals surface area contributed by atoms with Crippen LogP contribution in [0.25, 0.3) is 0 Å². The number of nitrogens with zero attached hydrogens (tertiary/aromatic N) is 2. The molecule has 0 radical (unpaired) electrons. The third kappa shape index (κ3) is 3.33. The van der Waals surface area contributed by atoms with Crippen molar-refractivity contribution >= 4 is 27.3 Å². The molecule has 0 N–H and O–H groups in total. The standard InChI is InChI=1S/C14H19BrN2S/c1-10(14-17-13(7-15)9-18-14)12-4-2-3-11(8-16)5-6-12/h9-12H,2-7H2,1H3. The van der Waals surface area contributed by atoms with Gasteiger partial charge < -0.3 is 0 Å². The van der Waals surface area contributed by atoms with E-state index in [4.69, 9.17) is 5.26 Å². The summed E-state index contributed by atoms with van der Waals surface area (Å²) in [4.78, 5) is 4.68. The van der Waals surface area contributed by atoms with Gasteiger partial charge in [-0.15, -0.1) is 11.3 Å². The Kier molecular flexibility index (Phi) is 5.20. The van der Waals surface area contributed by atoms with Crippen molar-refractivity contribution in [2.75, 3.05) is 0 Å². The van der Waals surface area contributed by atoms with Crippen molar-refractivity contribution in [3.05, 3.63) is 16.1 Å². The minimum atomic E-state index is 0.289. The van der Waals surface area contributed by atoms with E-state index in [1.165, 1.54) is 24.3 Å². The van der Waals surface area contributed by atoms with E-state index in [2.05, 4.69) is 39.3 Å². The molecule has 0 bridgehead atoms. The second-order valence-electron chi connectivity index (χ2n) is 5.19. The smallest absolute Gasteiger partial charge is 0.0959 e. The lowest BCUT2D eigenvalue weighted by molar-refractivity contribution is 0.390. The number of thiazole rings is 1. The van der Waals surface area contributed by atoms with E-state index in [0.29, 0.717) is 11.8 Å². The van der Waals surface area contributed by atoms with Gasteiger partial charge in [-0.3, -0.25) is 0 Å². The summed E-state index contributed by atoms with van der Waals surface area (Å²) in [5.74, 6) is 1.54. The van der Waals surface area contributed by atoms with Crippen LogP contribution in [0.1, 0.15) is 55.6 Å². The number of rotatable bonds is 3. The number of aromatic nitrogens is 1. The zero-order valence-electron chi connectivity index (χ0n) is 10.7. The molecule has 1 aromatic rings. The molecule has 2 rings (SSSR count). The molecule has 0 aliphatic heterocycles. The van der Waals surface area contributed by atoms with Gasteiger partial charge in [0.2, 0.25) is 0 Å². The summed E-state index contributed by atoms with van der Waals surface area (Å²) in [5.41, 5.74) is 1.14. The third-order valence-corrected chi connectivity index (χ3v) is 5.67. The molecule has 1 saturated carbocycles. The molecule has 0 saturated heterocycles. The van der Waals surface area contributed by atoms with Gasteiger partial charge in [0.25, 0.3) is 0 Å². The van der Waals surface area contributed by atoms with Crippen molar-refractivity contribution in [1.29, 1.82) is 5.26 Å². The Labute approximate surface area is 122 Å². The summed E-state index contributed by atoms with van der Waals surface area (Å²) in [6.07, 6.45) is 5.79. The van der Waals surface area contributed by atoms with Crippen molar-refractivity contribution in [3.63, 3.8) is 0 Å². The number of nitriles is 1. The van der Waals surface area contributed by atoms with Crippen LogP contribution >= 0.6 is 27.3 Å². The maximum Gasteiger partial charge on any atom is 0.0959 e. The summed E-state index contributed by atoms with van der Waals surface area (Å²) in [6, 6.07) is 2.44. The van der Waals surface area contributed by atoms with Gasteiger partial charge in [0.15, 0.2) is 0 Å². The zero-order valence-corrected chi connectivity index (χ0v) is 13.1. The summed E-state index contributed by atoms with van der Waals surface area (Å²) in [6.45, 7) is 2.30. The van der Waals surface area contributed by atoms with Gasteiger partial charge in [-0.05, 0) is 31.6 Å². The summed E-state index contributed by atoms with van der Waals surface area (Å²) in [7, 11) is 0. The van der Waals surface area contributed by atoms with Gasteiger partial charge >= 0.3 is 0 Å². The normalized spacial score (nSPS) is 26.3. The molecular weight excluding hydrogens is 308 g/mol. The molecule has 1 aliphatic rings. The first-order chi connectivity index (χ1) is 8.74. The Morgan fingerprint density at radius 1 is 1.50 bits per heavy atom. The SMILES string of the molecule is CC(c1nc(CBr)cs1)C1CCCC(C#N)CC1. The maximum atomic E-state index is 9.03. The van der Waals surface area contributed by atoms with Crippen LogP contribution in [-0.2, 0) is 5.33 Å². The first-order valence-corrected chi connectivity index (χ1v) is 8.64. The molecule has 3 unspecified atom stereocenters. The van der Waals surface area contributed by atoms with Crippen LogP contribution in [-0.4, -0.2) is 4.98 Å². The van der Waals surface area contributed by atoms with Gasteiger partial charge in [-0.1, -0.05) is 29.3 Å². The van der Waals surface area contributed by atoms with E-state index in [-0.39, 0.29) is 5.92 Å². The Balaban J connectivity index is 2.00. The van der Waals surface area contributed by atoms with Gasteiger partial charge in [0.05, 0.1) is 16.8 Å². The number of alkyl halides is 1. The Morgan fingerprint density at radius 3 is 3.00 bits per heavy atom. The van der Waals surface area contributed by atoms with Crippen LogP contribution in [0.5, 0.6) is 0 Å². The first-order valence-electron chi connectivity index (χ1n) is 6.64. The highest BCUT2D eigenvalue weighted by Crippen LogP contribution is 2.37. The van der Waals surface area contributed by atoms with E-state index >= 15 is 0 Å². The van der Waals surface area contributed by atoms with Crippen molar-refractivity contribution in [2.24, 2.45) is 11.8 Å². The summed E-state index contributed by atoms with van der Waals surface area (Å²) < 4.78 is 0. The number of hydrogen-bond donors (Lipinski definition) is 0. The van der Waals surface area contributed by atoms with Gasteiger partial charge in [0.1, 0.15) is 0 Å². The molecule has 1 fully saturated rings. The van der Waals surface area contributed by atoms with Gasteiger partial charge in [-0.2, -0.15) is 5.26 Å². The lowest BCUT2D eigenvalue weighted by Crippen LogP contribution is -2.09. The predicted molar refractivity (Wildman–Crippen MR) is 78.8 cm³/mol. The van der Waals surface area contributed by atoms with Crippen LogP contribution in [0.15, 0.2) is 5.38 Å². The molecule has 1 heterocycles. The van der Waals surface area contributed by atoms with E-state index in [0.717, 1.165) is 23.9 Å². The van der Waals surface area contributed by atoms with Crippen LogP contribution in [0, 0.1) is 23.2 Å². The predicted octanol–water partition coefficient (Wildman–Crippen LogP) is 4.86. The fourth-order valence-corrected chi connectivity index (χ4v) is 4.23. The average molecular weight is 327 g/mol. The highest BCUT2D eigenvalue weighted by atomic mass is 79.9. The third-order valence-electron chi connectivity index (χ3n) is 4.00. The molecular formula is C14H19BrN2S. The second-order valence-corrected chi connectivity index (χ2v) is 6.64. The fourth-order valence-electron chi connectivity index (χ4n) is 2.75. The highest BCUT2D eigenvalue weighted by molar-refractivity contribution is 9.08. The van der Waals surface area contributed by atoms with Gasteiger partial charge in [-0.25, -0.2) is 4.98 Å². The first kappa shape index (κ1) is 14.0. The van der Waals surface area contributed by atoms with E-state index in [1.54, 1.807) is 11.3 Å². The summed E-state index contributed by atoms with van der Waals surface area (Å²) in [5, 5.41) is 13.3. The minimum absolute atomic E-state index is 0.289. The molecule has 18 heavy (non-hydrogen) atoms. The Hall–Kier alpha value is -0.400. The van der Waals surface area contributed by atoms with Crippen LogP contribution < -0.4 is 0 Å². The molecule has 0 aromatic carbocycles. The lowest BCUT2D eigenvalue weighted by Gasteiger charge is -2.20. The van der Waals surface area contributed by atoms with E-state index in [1.807, 2.05) is 0 Å². The van der Waals surface area contributed by atoms with Crippen molar-refractivity contribution in [1.82, 2.24) is 4.98 Å². The average Bonchev–Trinajstić information content (AvgIpc) is 2.75. The van der Waals surface area contributed by atoms with Crippen molar-refractivity contribution in [2.45, 2.75) is 50.3 Å². The number of hydrogen-bond acceptors (Lipinski definition) is 3. The van der Waals surface area contributed by atoms with E-state index in [9.17, 15) is 0 Å². The van der Waals surface area contributed by atoms with E-state index < -0.39 is 0 Å². The van der Waals surface area contributed by atoms with Crippen molar-refractivity contribution < 1.29 is 0 Å². The second kappa shape index (κ2) is 6.68.